The van der Waals surface area contributed by atoms with E-state index in [0.717, 1.165) is 37.1 Å². The van der Waals surface area contributed by atoms with Crippen LogP contribution in [0.4, 0.5) is 4.39 Å². The lowest BCUT2D eigenvalue weighted by Gasteiger charge is -2.22. The van der Waals surface area contributed by atoms with Crippen molar-refractivity contribution in [2.75, 3.05) is 13.1 Å². The molecule has 0 aliphatic carbocycles. The molecule has 4 aromatic rings. The molecule has 5 heteroatoms. The number of likely N-dealkylation sites (tertiary alicyclic amines) is 1. The van der Waals surface area contributed by atoms with E-state index in [1.165, 1.54) is 17.7 Å². The fourth-order valence-corrected chi connectivity index (χ4v) is 4.73. The number of aromatic hydroxyl groups is 1. The highest BCUT2D eigenvalue weighted by atomic mass is 19.1. The highest BCUT2D eigenvalue weighted by Crippen LogP contribution is 2.37. The van der Waals surface area contributed by atoms with Gasteiger partial charge in [-0.2, -0.15) is 0 Å². The molecule has 0 amide bonds. The molecule has 1 aliphatic heterocycles. The van der Waals surface area contributed by atoms with Gasteiger partial charge >= 0.3 is 0 Å². The molecule has 0 saturated carbocycles. The molecule has 1 N–H and O–H groups in total. The average Bonchev–Trinajstić information content (AvgIpc) is 3.27. The van der Waals surface area contributed by atoms with Crippen LogP contribution < -0.4 is 0 Å². The van der Waals surface area contributed by atoms with Crippen molar-refractivity contribution < 1.29 is 9.50 Å². The Balaban J connectivity index is 1.48. The number of halogens is 1. The molecule has 5 rings (SSSR count). The minimum atomic E-state index is -0.290. The molecular formula is C27H26FN3O. The second-order valence-corrected chi connectivity index (χ2v) is 8.67. The van der Waals surface area contributed by atoms with Gasteiger partial charge in [-0.25, -0.2) is 14.4 Å². The topological polar surface area (TPSA) is 49.3 Å². The molecule has 32 heavy (non-hydrogen) atoms. The molecule has 1 aromatic heterocycles. The molecule has 2 heterocycles. The summed E-state index contributed by atoms with van der Waals surface area (Å²) in [7, 11) is 0. The van der Waals surface area contributed by atoms with Crippen molar-refractivity contribution in [1.29, 1.82) is 0 Å². The van der Waals surface area contributed by atoms with E-state index in [1.54, 1.807) is 18.2 Å². The standard InChI is InChI=1S/C27H26FN3O/c1-18(20-13-14-31(17-20)16-19-7-3-2-4-8-19)26-23-15-21(28)11-12-24(23)29-27(30-26)22-9-5-6-10-25(22)32/h2-12,15,18,20,32H,13-14,16-17H2,1H3. The summed E-state index contributed by atoms with van der Waals surface area (Å²) in [5, 5.41) is 11.1. The summed E-state index contributed by atoms with van der Waals surface area (Å²) in [5.41, 5.74) is 3.45. The predicted molar refractivity (Wildman–Crippen MR) is 125 cm³/mol. The Kier molecular flexibility index (Phi) is 5.58. The maximum absolute atomic E-state index is 14.1. The molecule has 3 aromatic carbocycles. The smallest absolute Gasteiger partial charge is 0.163 e. The summed E-state index contributed by atoms with van der Waals surface area (Å²) in [6.07, 6.45) is 1.07. The lowest BCUT2D eigenvalue weighted by molar-refractivity contribution is 0.308. The maximum atomic E-state index is 14.1. The average molecular weight is 428 g/mol. The number of phenolic OH excluding ortho intramolecular Hbond substituents is 1. The van der Waals surface area contributed by atoms with E-state index in [2.05, 4.69) is 41.1 Å². The van der Waals surface area contributed by atoms with Crippen LogP contribution in [0.15, 0.2) is 72.8 Å². The second-order valence-electron chi connectivity index (χ2n) is 8.67. The molecule has 1 aliphatic rings. The van der Waals surface area contributed by atoms with Crippen LogP contribution in [0.2, 0.25) is 0 Å². The molecule has 2 atom stereocenters. The number of phenols is 1. The van der Waals surface area contributed by atoms with Crippen LogP contribution in [0.5, 0.6) is 5.75 Å². The lowest BCUT2D eigenvalue weighted by atomic mass is 9.88. The van der Waals surface area contributed by atoms with Gasteiger partial charge in [-0.3, -0.25) is 4.90 Å². The van der Waals surface area contributed by atoms with Gasteiger partial charge in [0.15, 0.2) is 5.82 Å². The Morgan fingerprint density at radius 3 is 2.62 bits per heavy atom. The van der Waals surface area contributed by atoms with E-state index in [4.69, 9.17) is 4.98 Å². The molecule has 0 radical (unpaired) electrons. The molecule has 2 unspecified atom stereocenters. The first-order chi connectivity index (χ1) is 15.6. The van der Waals surface area contributed by atoms with Gasteiger partial charge in [-0.1, -0.05) is 49.4 Å². The minimum Gasteiger partial charge on any atom is -0.507 e. The zero-order valence-corrected chi connectivity index (χ0v) is 18.1. The summed E-state index contributed by atoms with van der Waals surface area (Å²) in [5.74, 6) is 0.873. The Labute approximate surface area is 187 Å². The summed E-state index contributed by atoms with van der Waals surface area (Å²) < 4.78 is 14.1. The molecule has 1 fully saturated rings. The summed E-state index contributed by atoms with van der Waals surface area (Å²) in [4.78, 5) is 12.0. The number of benzene rings is 3. The monoisotopic (exact) mass is 427 g/mol. The fourth-order valence-electron chi connectivity index (χ4n) is 4.73. The van der Waals surface area contributed by atoms with Gasteiger partial charge in [0.05, 0.1) is 16.8 Å². The second kappa shape index (κ2) is 8.67. The number of rotatable bonds is 5. The van der Waals surface area contributed by atoms with Gasteiger partial charge in [0.1, 0.15) is 11.6 Å². The zero-order chi connectivity index (χ0) is 22.1. The van der Waals surface area contributed by atoms with Crippen LogP contribution in [0.1, 0.15) is 30.5 Å². The van der Waals surface area contributed by atoms with E-state index in [9.17, 15) is 9.50 Å². The molecule has 4 nitrogen and oxygen atoms in total. The van der Waals surface area contributed by atoms with Crippen molar-refractivity contribution >= 4 is 10.9 Å². The predicted octanol–water partition coefficient (Wildman–Crippen LogP) is 5.77. The van der Waals surface area contributed by atoms with Gasteiger partial charge in [-0.05, 0) is 54.8 Å². The SMILES string of the molecule is CC(c1nc(-c2ccccc2O)nc2ccc(F)cc12)C1CCN(Cc2ccccc2)C1. The number of nitrogens with zero attached hydrogens (tertiary/aromatic N) is 3. The van der Waals surface area contributed by atoms with E-state index in [0.29, 0.717) is 22.8 Å². The fraction of sp³-hybridized carbons (Fsp3) is 0.259. The number of hydrogen-bond donors (Lipinski definition) is 1. The maximum Gasteiger partial charge on any atom is 0.163 e. The molecule has 0 bridgehead atoms. The summed E-state index contributed by atoms with van der Waals surface area (Å²) >= 11 is 0. The first-order valence-electron chi connectivity index (χ1n) is 11.1. The van der Waals surface area contributed by atoms with Gasteiger partial charge < -0.3 is 5.11 Å². The van der Waals surface area contributed by atoms with Crippen LogP contribution in [-0.4, -0.2) is 33.1 Å². The van der Waals surface area contributed by atoms with Crippen LogP contribution in [-0.2, 0) is 6.54 Å². The number of hydrogen-bond acceptors (Lipinski definition) is 4. The van der Waals surface area contributed by atoms with Crippen LogP contribution >= 0.6 is 0 Å². The van der Waals surface area contributed by atoms with Crippen molar-refractivity contribution in [2.24, 2.45) is 5.92 Å². The number of aromatic nitrogens is 2. The van der Waals surface area contributed by atoms with E-state index in [-0.39, 0.29) is 17.5 Å². The molecule has 1 saturated heterocycles. The largest absolute Gasteiger partial charge is 0.507 e. The third-order valence-electron chi connectivity index (χ3n) is 6.53. The van der Waals surface area contributed by atoms with Crippen LogP contribution in [0.25, 0.3) is 22.3 Å². The van der Waals surface area contributed by atoms with Gasteiger partial charge in [0.25, 0.3) is 0 Å². The quantitative estimate of drug-likeness (QED) is 0.439. The Morgan fingerprint density at radius 2 is 1.81 bits per heavy atom. The zero-order valence-electron chi connectivity index (χ0n) is 18.1. The minimum absolute atomic E-state index is 0.132. The normalized spacial score (nSPS) is 17.6. The van der Waals surface area contributed by atoms with Crippen molar-refractivity contribution in [1.82, 2.24) is 14.9 Å². The van der Waals surface area contributed by atoms with Gasteiger partial charge in [0.2, 0.25) is 0 Å². The highest BCUT2D eigenvalue weighted by molar-refractivity contribution is 5.84. The Morgan fingerprint density at radius 1 is 1.03 bits per heavy atom. The third kappa shape index (κ3) is 4.08. The van der Waals surface area contributed by atoms with E-state index in [1.807, 2.05) is 18.2 Å². The van der Waals surface area contributed by atoms with Gasteiger partial charge in [-0.15, -0.1) is 0 Å². The highest BCUT2D eigenvalue weighted by Gasteiger charge is 2.30. The van der Waals surface area contributed by atoms with Crippen LogP contribution in [0, 0.1) is 11.7 Å². The van der Waals surface area contributed by atoms with Crippen molar-refractivity contribution in [3.8, 4) is 17.1 Å². The Bertz CT molecular complexity index is 1240. The molecular weight excluding hydrogens is 401 g/mol. The third-order valence-corrected chi connectivity index (χ3v) is 6.53. The Hall–Kier alpha value is -3.31. The summed E-state index contributed by atoms with van der Waals surface area (Å²) in [6.45, 7) is 5.13. The first-order valence-corrected chi connectivity index (χ1v) is 11.1. The number of fused-ring (bicyclic) bond motifs is 1. The molecule has 162 valence electrons. The van der Waals surface area contributed by atoms with Crippen LogP contribution in [0.3, 0.4) is 0 Å². The molecule has 0 spiro atoms. The van der Waals surface area contributed by atoms with Gasteiger partial charge in [0, 0.05) is 24.4 Å². The number of para-hydroxylation sites is 1. The van der Waals surface area contributed by atoms with E-state index >= 15 is 0 Å². The van der Waals surface area contributed by atoms with Crippen molar-refractivity contribution in [2.45, 2.75) is 25.8 Å². The van der Waals surface area contributed by atoms with Crippen molar-refractivity contribution in [3.63, 3.8) is 0 Å². The first kappa shape index (κ1) is 20.6. The lowest BCUT2D eigenvalue weighted by Crippen LogP contribution is -2.22. The summed E-state index contributed by atoms with van der Waals surface area (Å²) in [6, 6.07) is 22.3. The van der Waals surface area contributed by atoms with E-state index < -0.39 is 0 Å². The van der Waals surface area contributed by atoms with Crippen molar-refractivity contribution in [3.05, 3.63) is 89.9 Å².